The van der Waals surface area contributed by atoms with E-state index in [0.717, 1.165) is 5.56 Å². The fraction of sp³-hybridized carbons (Fsp3) is 0.158. The third-order valence-corrected chi connectivity index (χ3v) is 3.50. The Morgan fingerprint density at radius 1 is 1.17 bits per heavy atom. The number of hydrogen-bond donors (Lipinski definition) is 1. The standard InChI is InChI=1S/C19H18N2O3/c1-13-6-4-5-7-17(13)21-19(22)15(12-20)10-14-8-9-16(23-2)11-18(14)24-3/h4-11H,1-3H3,(H,21,22)/b15-10-. The van der Waals surface area contributed by atoms with Crippen LogP contribution in [0.5, 0.6) is 11.5 Å². The summed E-state index contributed by atoms with van der Waals surface area (Å²) in [5, 5.41) is 12.1. The third kappa shape index (κ3) is 3.93. The number of carbonyl (C=O) groups excluding carboxylic acids is 1. The first kappa shape index (κ1) is 17.1. The van der Waals surface area contributed by atoms with Crippen LogP contribution < -0.4 is 14.8 Å². The largest absolute Gasteiger partial charge is 0.497 e. The third-order valence-electron chi connectivity index (χ3n) is 3.50. The molecule has 0 atom stereocenters. The van der Waals surface area contributed by atoms with Crippen LogP contribution >= 0.6 is 0 Å². The average molecular weight is 322 g/mol. The van der Waals surface area contributed by atoms with Crippen molar-refractivity contribution in [3.63, 3.8) is 0 Å². The summed E-state index contributed by atoms with van der Waals surface area (Å²) in [6.07, 6.45) is 1.49. The number of carbonyl (C=O) groups is 1. The van der Waals surface area contributed by atoms with E-state index in [0.29, 0.717) is 22.7 Å². The molecule has 0 fully saturated rings. The first-order chi connectivity index (χ1) is 11.6. The number of benzene rings is 2. The molecule has 0 radical (unpaired) electrons. The number of rotatable bonds is 5. The second-order valence-corrected chi connectivity index (χ2v) is 5.05. The Hall–Kier alpha value is -3.26. The Kier molecular flexibility index (Phi) is 5.58. The highest BCUT2D eigenvalue weighted by Gasteiger charge is 2.12. The van der Waals surface area contributed by atoms with Gasteiger partial charge in [0.1, 0.15) is 23.1 Å². The van der Waals surface area contributed by atoms with Crippen molar-refractivity contribution in [2.75, 3.05) is 19.5 Å². The molecule has 0 aliphatic carbocycles. The van der Waals surface area contributed by atoms with Gasteiger partial charge in [0.15, 0.2) is 0 Å². The van der Waals surface area contributed by atoms with E-state index in [1.165, 1.54) is 13.2 Å². The number of aryl methyl sites for hydroxylation is 1. The van der Waals surface area contributed by atoms with Crippen LogP contribution in [-0.2, 0) is 4.79 Å². The molecule has 5 nitrogen and oxygen atoms in total. The van der Waals surface area contributed by atoms with Crippen LogP contribution in [-0.4, -0.2) is 20.1 Å². The SMILES string of the molecule is COc1ccc(/C=C(/C#N)C(=O)Nc2ccccc2C)c(OC)c1. The molecule has 122 valence electrons. The summed E-state index contributed by atoms with van der Waals surface area (Å²) < 4.78 is 10.4. The van der Waals surface area contributed by atoms with Crippen molar-refractivity contribution in [3.05, 3.63) is 59.2 Å². The van der Waals surface area contributed by atoms with Crippen LogP contribution in [0.15, 0.2) is 48.0 Å². The lowest BCUT2D eigenvalue weighted by atomic mass is 10.1. The smallest absolute Gasteiger partial charge is 0.266 e. The quantitative estimate of drug-likeness (QED) is 0.675. The number of ether oxygens (including phenoxy) is 2. The second kappa shape index (κ2) is 7.84. The zero-order chi connectivity index (χ0) is 17.5. The molecule has 2 aromatic carbocycles. The van der Waals surface area contributed by atoms with Gasteiger partial charge in [-0.25, -0.2) is 0 Å². The Morgan fingerprint density at radius 2 is 1.92 bits per heavy atom. The Labute approximate surface area is 141 Å². The van der Waals surface area contributed by atoms with Gasteiger partial charge in [0.2, 0.25) is 0 Å². The molecular formula is C19H18N2O3. The van der Waals surface area contributed by atoms with E-state index >= 15 is 0 Å². The minimum absolute atomic E-state index is 0.0123. The number of amides is 1. The molecule has 0 spiro atoms. The van der Waals surface area contributed by atoms with Gasteiger partial charge in [0.05, 0.1) is 14.2 Å². The van der Waals surface area contributed by atoms with Crippen molar-refractivity contribution in [1.29, 1.82) is 5.26 Å². The second-order valence-electron chi connectivity index (χ2n) is 5.05. The number of nitrogens with zero attached hydrogens (tertiary/aromatic N) is 1. The Bertz CT molecular complexity index is 820. The number of hydrogen-bond acceptors (Lipinski definition) is 4. The lowest BCUT2D eigenvalue weighted by Gasteiger charge is -2.09. The van der Waals surface area contributed by atoms with Crippen molar-refractivity contribution < 1.29 is 14.3 Å². The van der Waals surface area contributed by atoms with E-state index in [4.69, 9.17) is 9.47 Å². The summed E-state index contributed by atoms with van der Waals surface area (Å²) in [6, 6.07) is 14.5. The maximum atomic E-state index is 12.4. The maximum absolute atomic E-state index is 12.4. The van der Waals surface area contributed by atoms with Gasteiger partial charge >= 0.3 is 0 Å². The molecule has 1 amide bonds. The number of nitriles is 1. The highest BCUT2D eigenvalue weighted by Crippen LogP contribution is 2.26. The predicted molar refractivity (Wildman–Crippen MR) is 92.9 cm³/mol. The van der Waals surface area contributed by atoms with E-state index in [-0.39, 0.29) is 5.57 Å². The fourth-order valence-corrected chi connectivity index (χ4v) is 2.14. The van der Waals surface area contributed by atoms with Crippen LogP contribution in [0.2, 0.25) is 0 Å². The van der Waals surface area contributed by atoms with Crippen LogP contribution in [0.4, 0.5) is 5.69 Å². The van der Waals surface area contributed by atoms with Crippen LogP contribution in [0.1, 0.15) is 11.1 Å². The zero-order valence-corrected chi connectivity index (χ0v) is 13.8. The van der Waals surface area contributed by atoms with E-state index in [1.54, 1.807) is 31.4 Å². The molecule has 1 N–H and O–H groups in total. The maximum Gasteiger partial charge on any atom is 0.266 e. The number of para-hydroxylation sites is 1. The summed E-state index contributed by atoms with van der Waals surface area (Å²) in [6.45, 7) is 1.89. The molecule has 0 saturated heterocycles. The van der Waals surface area contributed by atoms with Gasteiger partial charge in [-0.05, 0) is 36.8 Å². The monoisotopic (exact) mass is 322 g/mol. The molecule has 5 heteroatoms. The van der Waals surface area contributed by atoms with Crippen molar-refractivity contribution in [2.45, 2.75) is 6.92 Å². The van der Waals surface area contributed by atoms with Crippen LogP contribution in [0, 0.1) is 18.3 Å². The van der Waals surface area contributed by atoms with Gasteiger partial charge in [0.25, 0.3) is 5.91 Å². The summed E-state index contributed by atoms with van der Waals surface area (Å²) in [5.74, 6) is 0.683. The molecule has 2 aromatic rings. The van der Waals surface area contributed by atoms with Gasteiger partial charge < -0.3 is 14.8 Å². The summed E-state index contributed by atoms with van der Waals surface area (Å²) in [7, 11) is 3.08. The molecule has 0 aliphatic heterocycles. The van der Waals surface area contributed by atoms with Crippen LogP contribution in [0.25, 0.3) is 6.08 Å². The van der Waals surface area contributed by atoms with E-state index < -0.39 is 5.91 Å². The lowest BCUT2D eigenvalue weighted by molar-refractivity contribution is -0.112. The summed E-state index contributed by atoms with van der Waals surface area (Å²) in [4.78, 5) is 12.4. The van der Waals surface area contributed by atoms with Gasteiger partial charge in [-0.15, -0.1) is 0 Å². The highest BCUT2D eigenvalue weighted by molar-refractivity contribution is 6.10. The van der Waals surface area contributed by atoms with Gasteiger partial charge in [-0.2, -0.15) is 5.26 Å². The molecule has 24 heavy (non-hydrogen) atoms. The summed E-state index contributed by atoms with van der Waals surface area (Å²) in [5.41, 5.74) is 2.20. The highest BCUT2D eigenvalue weighted by atomic mass is 16.5. The lowest BCUT2D eigenvalue weighted by Crippen LogP contribution is -2.14. The van der Waals surface area contributed by atoms with Crippen molar-refractivity contribution >= 4 is 17.7 Å². The molecular weight excluding hydrogens is 304 g/mol. The predicted octanol–water partition coefficient (Wildman–Crippen LogP) is 3.56. The molecule has 0 unspecified atom stereocenters. The Balaban J connectivity index is 2.31. The topological polar surface area (TPSA) is 71.3 Å². The van der Waals surface area contributed by atoms with Crippen molar-refractivity contribution in [2.24, 2.45) is 0 Å². The fourth-order valence-electron chi connectivity index (χ4n) is 2.14. The molecule has 0 aromatic heterocycles. The van der Waals surface area contributed by atoms with E-state index in [1.807, 2.05) is 31.2 Å². The number of methoxy groups -OCH3 is 2. The first-order valence-corrected chi connectivity index (χ1v) is 7.30. The molecule has 0 heterocycles. The minimum Gasteiger partial charge on any atom is -0.497 e. The van der Waals surface area contributed by atoms with Gasteiger partial charge in [-0.1, -0.05) is 18.2 Å². The molecule has 0 aliphatic rings. The first-order valence-electron chi connectivity index (χ1n) is 7.30. The normalized spacial score (nSPS) is 10.7. The number of anilines is 1. The molecule has 2 rings (SSSR count). The average Bonchev–Trinajstić information content (AvgIpc) is 2.61. The number of nitrogens with one attached hydrogen (secondary N) is 1. The van der Waals surface area contributed by atoms with E-state index in [2.05, 4.69) is 5.32 Å². The van der Waals surface area contributed by atoms with E-state index in [9.17, 15) is 10.1 Å². The van der Waals surface area contributed by atoms with Crippen LogP contribution in [0.3, 0.4) is 0 Å². The van der Waals surface area contributed by atoms with Gasteiger partial charge in [0, 0.05) is 17.3 Å². The van der Waals surface area contributed by atoms with Crippen molar-refractivity contribution in [1.82, 2.24) is 0 Å². The zero-order valence-electron chi connectivity index (χ0n) is 13.8. The Morgan fingerprint density at radius 3 is 2.54 bits per heavy atom. The van der Waals surface area contributed by atoms with Crippen molar-refractivity contribution in [3.8, 4) is 17.6 Å². The summed E-state index contributed by atoms with van der Waals surface area (Å²) >= 11 is 0. The minimum atomic E-state index is -0.468. The van der Waals surface area contributed by atoms with Gasteiger partial charge in [-0.3, -0.25) is 4.79 Å². The molecule has 0 saturated carbocycles. The molecule has 0 bridgehead atoms.